The molecule has 4 saturated carbocycles. The first-order chi connectivity index (χ1) is 13.4. The van der Waals surface area contributed by atoms with E-state index in [4.69, 9.17) is 21.1 Å². The number of hydrogen-bond donors (Lipinski definition) is 1. The van der Waals surface area contributed by atoms with Gasteiger partial charge in [0.15, 0.2) is 6.61 Å². The van der Waals surface area contributed by atoms with Crippen LogP contribution in [0.3, 0.4) is 0 Å². The zero-order valence-corrected chi connectivity index (χ0v) is 16.1. The van der Waals surface area contributed by atoms with Crippen molar-refractivity contribution < 1.29 is 23.5 Å². The Labute approximate surface area is 167 Å². The van der Waals surface area contributed by atoms with Gasteiger partial charge in [-0.05, 0) is 50.7 Å². The number of ether oxygens (including phenoxy) is 2. The average molecular weight is 409 g/mol. The lowest BCUT2D eigenvalue weighted by molar-refractivity contribution is -0.207. The molecular formula is C20H22ClFN2O4. The molecule has 8 heteroatoms. The maximum Gasteiger partial charge on any atom is 0.410 e. The fraction of sp³-hybridized carbons (Fsp3) is 0.600. The molecule has 6 nitrogen and oxygen atoms in total. The van der Waals surface area contributed by atoms with Crippen molar-refractivity contribution in [2.75, 3.05) is 13.2 Å². The summed E-state index contributed by atoms with van der Waals surface area (Å²) < 4.78 is 24.4. The number of hydrogen-bond acceptors (Lipinski definition) is 4. The first kappa shape index (κ1) is 18.0. The van der Waals surface area contributed by atoms with Gasteiger partial charge in [-0.25, -0.2) is 9.18 Å². The van der Waals surface area contributed by atoms with E-state index in [9.17, 15) is 14.0 Å². The number of nitrogens with zero attached hydrogens (tertiary/aromatic N) is 1. The Morgan fingerprint density at radius 1 is 1.36 bits per heavy atom. The predicted octanol–water partition coefficient (Wildman–Crippen LogP) is 3.27. The van der Waals surface area contributed by atoms with Crippen LogP contribution in [-0.2, 0) is 9.53 Å². The van der Waals surface area contributed by atoms with Crippen molar-refractivity contribution in [1.29, 1.82) is 0 Å². The van der Waals surface area contributed by atoms with Gasteiger partial charge in [0.05, 0.1) is 11.6 Å². The molecule has 5 fully saturated rings. The minimum Gasteiger partial charge on any atom is -0.484 e. The molecule has 150 valence electrons. The molecule has 1 saturated heterocycles. The summed E-state index contributed by atoms with van der Waals surface area (Å²) in [6.45, 7) is 0.502. The lowest BCUT2D eigenvalue weighted by atomic mass is 9.37. The molecule has 6 rings (SSSR count). The molecule has 1 aromatic carbocycles. The summed E-state index contributed by atoms with van der Waals surface area (Å²) >= 11 is 5.63. The van der Waals surface area contributed by atoms with Gasteiger partial charge >= 0.3 is 6.09 Å². The summed E-state index contributed by atoms with van der Waals surface area (Å²) in [5.41, 5.74) is -0.191. The number of rotatable bonds is 6. The second kappa shape index (κ2) is 6.24. The maximum absolute atomic E-state index is 13.4. The van der Waals surface area contributed by atoms with E-state index in [1.54, 1.807) is 0 Å². The molecular weight excluding hydrogens is 387 g/mol. The van der Waals surface area contributed by atoms with Crippen LogP contribution in [0.5, 0.6) is 5.75 Å². The zero-order valence-electron chi connectivity index (χ0n) is 15.4. The number of amides is 2. The molecule has 1 aliphatic heterocycles. The van der Waals surface area contributed by atoms with Crippen molar-refractivity contribution in [3.63, 3.8) is 0 Å². The Morgan fingerprint density at radius 3 is 2.75 bits per heavy atom. The third-order valence-corrected chi connectivity index (χ3v) is 7.08. The summed E-state index contributed by atoms with van der Waals surface area (Å²) in [5.74, 6) is -0.550. The van der Waals surface area contributed by atoms with Crippen molar-refractivity contribution >= 4 is 23.6 Å². The molecule has 1 atom stereocenters. The largest absolute Gasteiger partial charge is 0.484 e. The van der Waals surface area contributed by atoms with Gasteiger partial charge in [0.2, 0.25) is 0 Å². The molecule has 1 N–H and O–H groups in total. The molecule has 1 heterocycles. The highest BCUT2D eigenvalue weighted by molar-refractivity contribution is 6.30. The molecule has 1 aromatic rings. The topological polar surface area (TPSA) is 67.9 Å². The van der Waals surface area contributed by atoms with E-state index in [1.165, 1.54) is 18.6 Å². The van der Waals surface area contributed by atoms with Gasteiger partial charge in [0, 0.05) is 23.1 Å². The Balaban J connectivity index is 1.10. The van der Waals surface area contributed by atoms with Crippen LogP contribution in [0.25, 0.3) is 0 Å². The summed E-state index contributed by atoms with van der Waals surface area (Å²) in [6, 6.07) is 4.43. The van der Waals surface area contributed by atoms with Crippen LogP contribution >= 0.6 is 11.6 Å². The lowest BCUT2D eigenvalue weighted by Crippen LogP contribution is -2.78. The molecule has 0 unspecified atom stereocenters. The number of halogens is 2. The van der Waals surface area contributed by atoms with Crippen molar-refractivity contribution in [2.24, 2.45) is 5.41 Å². The van der Waals surface area contributed by atoms with Gasteiger partial charge in [0.25, 0.3) is 5.91 Å². The smallest absolute Gasteiger partial charge is 0.410 e. The van der Waals surface area contributed by atoms with Crippen LogP contribution in [0.15, 0.2) is 18.2 Å². The third-order valence-electron chi connectivity index (χ3n) is 6.78. The second-order valence-corrected chi connectivity index (χ2v) is 9.10. The molecule has 28 heavy (non-hydrogen) atoms. The van der Waals surface area contributed by atoms with E-state index in [-0.39, 0.29) is 46.4 Å². The van der Waals surface area contributed by atoms with Crippen molar-refractivity contribution in [1.82, 2.24) is 10.2 Å². The first-order valence-corrected chi connectivity index (χ1v) is 10.1. The fourth-order valence-electron chi connectivity index (χ4n) is 5.18. The van der Waals surface area contributed by atoms with Crippen LogP contribution in [0, 0.1) is 11.2 Å². The Bertz CT molecular complexity index is 824. The monoisotopic (exact) mass is 408 g/mol. The minimum atomic E-state index is -0.581. The highest BCUT2D eigenvalue weighted by Crippen LogP contribution is 2.70. The van der Waals surface area contributed by atoms with Crippen LogP contribution in [0.2, 0.25) is 5.02 Å². The first-order valence-electron chi connectivity index (χ1n) is 9.74. The highest BCUT2D eigenvalue weighted by Gasteiger charge is 2.73. The molecule has 5 aliphatic rings. The maximum atomic E-state index is 13.4. The van der Waals surface area contributed by atoms with E-state index in [0.29, 0.717) is 12.6 Å². The number of nitrogens with one attached hydrogen (secondary N) is 1. The number of cyclic esters (lactones) is 1. The predicted molar refractivity (Wildman–Crippen MR) is 98.7 cm³/mol. The molecule has 0 spiro atoms. The van der Waals surface area contributed by atoms with Crippen LogP contribution in [0.1, 0.15) is 38.5 Å². The lowest BCUT2D eigenvalue weighted by Gasteiger charge is -2.71. The van der Waals surface area contributed by atoms with Crippen molar-refractivity contribution in [3.8, 4) is 5.75 Å². The van der Waals surface area contributed by atoms with Gasteiger partial charge in [-0.15, -0.1) is 0 Å². The standard InChI is InChI=1S/C20H22ClFN2O4/c21-14-5-4-13(6-15(14)22)27-8-17(25)23-20-9-19(10-20,11-20)16-7-24(18(26)28-16)12-2-1-3-12/h4-6,12,16H,1-3,7-11H2,(H,23,25)/t16-,19?,20?/m1/s1. The van der Waals surface area contributed by atoms with Gasteiger partial charge in [-0.2, -0.15) is 0 Å². The molecule has 2 amide bonds. The minimum absolute atomic E-state index is 0.0134. The number of carbonyl (C=O) groups excluding carboxylic acids is 2. The van der Waals surface area contributed by atoms with E-state index < -0.39 is 5.82 Å². The van der Waals surface area contributed by atoms with E-state index >= 15 is 0 Å². The molecule has 2 bridgehead atoms. The van der Waals surface area contributed by atoms with Crippen LogP contribution in [0.4, 0.5) is 9.18 Å². The van der Waals surface area contributed by atoms with Crippen molar-refractivity contribution in [2.45, 2.75) is 56.2 Å². The Hall–Kier alpha value is -2.02. The van der Waals surface area contributed by atoms with Crippen molar-refractivity contribution in [3.05, 3.63) is 29.0 Å². The van der Waals surface area contributed by atoms with Crippen LogP contribution in [-0.4, -0.2) is 47.7 Å². The SMILES string of the molecule is O=C(COc1ccc(Cl)c(F)c1)NC12CC([C@H]3CN(C4CCC4)C(=O)O3)(C1)C2. The summed E-state index contributed by atoms with van der Waals surface area (Å²) in [6.07, 6.45) is 5.59. The second-order valence-electron chi connectivity index (χ2n) is 8.70. The quantitative estimate of drug-likeness (QED) is 0.784. The van der Waals surface area contributed by atoms with Gasteiger partial charge in [-0.3, -0.25) is 4.79 Å². The Morgan fingerprint density at radius 2 is 2.11 bits per heavy atom. The molecule has 0 radical (unpaired) electrons. The zero-order chi connectivity index (χ0) is 19.5. The number of benzene rings is 1. The molecule has 4 aliphatic carbocycles. The summed E-state index contributed by atoms with van der Waals surface area (Å²) in [4.78, 5) is 26.2. The van der Waals surface area contributed by atoms with E-state index in [2.05, 4.69) is 5.32 Å². The Kier molecular flexibility index (Phi) is 4.02. The normalized spacial score (nSPS) is 33.4. The summed E-state index contributed by atoms with van der Waals surface area (Å²) in [7, 11) is 0. The number of carbonyl (C=O) groups is 2. The fourth-order valence-corrected chi connectivity index (χ4v) is 5.30. The van der Waals surface area contributed by atoms with Gasteiger partial charge in [0.1, 0.15) is 17.7 Å². The molecule has 0 aromatic heterocycles. The van der Waals surface area contributed by atoms with Gasteiger partial charge < -0.3 is 19.7 Å². The third kappa shape index (κ3) is 2.82. The van der Waals surface area contributed by atoms with Crippen LogP contribution < -0.4 is 10.1 Å². The van der Waals surface area contributed by atoms with Gasteiger partial charge in [-0.1, -0.05) is 11.6 Å². The highest BCUT2D eigenvalue weighted by atomic mass is 35.5. The van der Waals surface area contributed by atoms with E-state index in [1.807, 2.05) is 4.90 Å². The summed E-state index contributed by atoms with van der Waals surface area (Å²) in [5, 5.41) is 3.05. The van der Waals surface area contributed by atoms with E-state index in [0.717, 1.165) is 38.2 Å². The average Bonchev–Trinajstić information content (AvgIpc) is 2.90.